The lowest BCUT2D eigenvalue weighted by Gasteiger charge is -2.32. The summed E-state index contributed by atoms with van der Waals surface area (Å²) < 4.78 is 6.93. The second-order valence-electron chi connectivity index (χ2n) is 9.39. The molecule has 6 heteroatoms. The highest BCUT2D eigenvalue weighted by molar-refractivity contribution is 5.89. The zero-order chi connectivity index (χ0) is 25.3. The number of ether oxygens (including phenoxy) is 1. The molecule has 1 saturated heterocycles. The van der Waals surface area contributed by atoms with E-state index in [9.17, 15) is 9.59 Å². The first-order chi connectivity index (χ1) is 17.6. The van der Waals surface area contributed by atoms with Crippen molar-refractivity contribution in [1.29, 1.82) is 0 Å². The number of hydrogen-bond acceptors (Lipinski definition) is 5. The van der Waals surface area contributed by atoms with E-state index in [-0.39, 0.29) is 5.97 Å². The van der Waals surface area contributed by atoms with Crippen LogP contribution >= 0.6 is 0 Å². The van der Waals surface area contributed by atoms with Crippen molar-refractivity contribution in [3.8, 4) is 0 Å². The van der Waals surface area contributed by atoms with E-state index in [1.807, 2.05) is 25.3 Å². The lowest BCUT2D eigenvalue weighted by Crippen LogP contribution is -2.34. The van der Waals surface area contributed by atoms with E-state index < -0.39 is 0 Å². The van der Waals surface area contributed by atoms with E-state index in [1.54, 1.807) is 12.1 Å². The molecule has 0 spiro atoms. The number of esters is 1. The van der Waals surface area contributed by atoms with Crippen molar-refractivity contribution in [2.45, 2.75) is 45.1 Å². The SMILES string of the molecule is C/C=C\C(=C/CCC=O)CN1CCC(c2cnc3c(ccn3Cc3ccc(C(=O)OC)cc3)c2)CC1. The Labute approximate surface area is 213 Å². The molecule has 0 aliphatic carbocycles. The lowest BCUT2D eigenvalue weighted by molar-refractivity contribution is -0.107. The molecule has 0 atom stereocenters. The number of carbonyl (C=O) groups is 2. The Kier molecular flexibility index (Phi) is 8.85. The second kappa shape index (κ2) is 12.5. The average molecular weight is 486 g/mol. The fourth-order valence-electron chi connectivity index (χ4n) is 4.93. The molecule has 0 amide bonds. The van der Waals surface area contributed by atoms with E-state index in [0.717, 1.165) is 61.8 Å². The Morgan fingerprint density at radius 3 is 2.61 bits per heavy atom. The molecule has 0 bridgehead atoms. The molecule has 0 unspecified atom stereocenters. The Bertz CT molecular complexity index is 1230. The van der Waals surface area contributed by atoms with Crippen molar-refractivity contribution in [3.63, 3.8) is 0 Å². The zero-order valence-electron chi connectivity index (χ0n) is 21.2. The topological polar surface area (TPSA) is 64.4 Å². The molecule has 1 aliphatic heterocycles. The van der Waals surface area contributed by atoms with Gasteiger partial charge in [0.2, 0.25) is 0 Å². The highest BCUT2D eigenvalue weighted by Crippen LogP contribution is 2.30. The third-order valence-electron chi connectivity index (χ3n) is 6.89. The number of unbranched alkanes of at least 4 members (excludes halogenated alkanes) is 1. The quantitative estimate of drug-likeness (QED) is 0.163. The van der Waals surface area contributed by atoms with Gasteiger partial charge in [-0.3, -0.25) is 4.90 Å². The molecule has 36 heavy (non-hydrogen) atoms. The summed E-state index contributed by atoms with van der Waals surface area (Å²) in [5, 5.41) is 1.16. The third-order valence-corrected chi connectivity index (χ3v) is 6.89. The largest absolute Gasteiger partial charge is 0.465 e. The zero-order valence-corrected chi connectivity index (χ0v) is 21.2. The van der Waals surface area contributed by atoms with Crippen molar-refractivity contribution in [1.82, 2.24) is 14.5 Å². The van der Waals surface area contributed by atoms with Gasteiger partial charge in [0, 0.05) is 37.3 Å². The molecule has 6 nitrogen and oxygen atoms in total. The van der Waals surface area contributed by atoms with Gasteiger partial charge in [-0.15, -0.1) is 0 Å². The van der Waals surface area contributed by atoms with E-state index in [2.05, 4.69) is 46.0 Å². The van der Waals surface area contributed by atoms with Crippen LogP contribution in [0.2, 0.25) is 0 Å². The maximum absolute atomic E-state index is 11.7. The summed E-state index contributed by atoms with van der Waals surface area (Å²) in [6.07, 6.45) is 15.2. The van der Waals surface area contributed by atoms with Gasteiger partial charge >= 0.3 is 5.97 Å². The number of aromatic nitrogens is 2. The van der Waals surface area contributed by atoms with Crippen LogP contribution in [0.1, 0.15) is 60.0 Å². The van der Waals surface area contributed by atoms with Gasteiger partial charge in [-0.2, -0.15) is 0 Å². The number of pyridine rings is 1. The van der Waals surface area contributed by atoms with Gasteiger partial charge in [-0.05, 0) is 86.2 Å². The Morgan fingerprint density at radius 2 is 1.92 bits per heavy atom. The van der Waals surface area contributed by atoms with Crippen LogP contribution in [-0.4, -0.2) is 53.5 Å². The smallest absolute Gasteiger partial charge is 0.337 e. The molecule has 1 aromatic carbocycles. The van der Waals surface area contributed by atoms with Crippen molar-refractivity contribution in [2.24, 2.45) is 0 Å². The average Bonchev–Trinajstić information content (AvgIpc) is 3.31. The van der Waals surface area contributed by atoms with Crippen molar-refractivity contribution in [3.05, 3.63) is 89.3 Å². The number of nitrogens with zero attached hydrogens (tertiary/aromatic N) is 3. The summed E-state index contributed by atoms with van der Waals surface area (Å²) in [7, 11) is 1.39. The summed E-state index contributed by atoms with van der Waals surface area (Å²) in [5.74, 6) is 0.203. The van der Waals surface area contributed by atoms with Crippen LogP contribution in [0.15, 0.2) is 72.6 Å². The molecule has 0 saturated carbocycles. The standard InChI is InChI=1S/C30H35N3O3/c1-3-6-23(7-4-5-18-34)21-32-15-12-25(13-16-32)28-19-27-14-17-33(29(27)31-20-28)22-24-8-10-26(11-9-24)30(35)36-2/h3,6-11,14,17-20,25H,4-5,12-13,15-16,21-22H2,1-2H3/b6-3-,23-7+. The van der Waals surface area contributed by atoms with Crippen LogP contribution < -0.4 is 0 Å². The highest BCUT2D eigenvalue weighted by Gasteiger charge is 2.21. The second-order valence-corrected chi connectivity index (χ2v) is 9.39. The summed E-state index contributed by atoms with van der Waals surface area (Å²) in [5.41, 5.74) is 5.25. The molecule has 3 aromatic rings. The Balaban J connectivity index is 1.37. The molecular formula is C30H35N3O3. The number of benzene rings is 1. The normalized spacial score (nSPS) is 15.6. The minimum Gasteiger partial charge on any atom is -0.465 e. The minimum absolute atomic E-state index is 0.322. The van der Waals surface area contributed by atoms with Gasteiger partial charge in [0.05, 0.1) is 12.7 Å². The third kappa shape index (κ3) is 6.38. The maximum atomic E-state index is 11.7. The molecule has 3 heterocycles. The number of fused-ring (bicyclic) bond motifs is 1. The molecule has 4 rings (SSSR count). The maximum Gasteiger partial charge on any atom is 0.337 e. The summed E-state index contributed by atoms with van der Waals surface area (Å²) in [6, 6.07) is 11.9. The molecule has 0 N–H and O–H groups in total. The van der Waals surface area contributed by atoms with Gasteiger partial charge in [0.25, 0.3) is 0 Å². The molecule has 0 radical (unpaired) electrons. The predicted octanol–water partition coefficient (Wildman–Crippen LogP) is 5.53. The van der Waals surface area contributed by atoms with Gasteiger partial charge in [-0.25, -0.2) is 9.78 Å². The van der Waals surface area contributed by atoms with Crippen LogP contribution in [0, 0.1) is 0 Å². The molecule has 188 valence electrons. The van der Waals surface area contributed by atoms with Gasteiger partial charge in [0.15, 0.2) is 0 Å². The highest BCUT2D eigenvalue weighted by atomic mass is 16.5. The number of hydrogen-bond donors (Lipinski definition) is 0. The lowest BCUT2D eigenvalue weighted by atomic mass is 9.90. The number of aldehydes is 1. The molecule has 2 aromatic heterocycles. The number of allylic oxidation sites excluding steroid dienone is 2. The van der Waals surface area contributed by atoms with E-state index in [1.165, 1.54) is 18.2 Å². The van der Waals surface area contributed by atoms with Crippen LogP contribution in [-0.2, 0) is 16.1 Å². The van der Waals surface area contributed by atoms with E-state index in [4.69, 9.17) is 9.72 Å². The first-order valence-electron chi connectivity index (χ1n) is 12.7. The fraction of sp³-hybridized carbons (Fsp3) is 0.367. The summed E-state index contributed by atoms with van der Waals surface area (Å²) in [6.45, 7) is 5.81. The van der Waals surface area contributed by atoms with Gasteiger partial charge < -0.3 is 14.1 Å². The summed E-state index contributed by atoms with van der Waals surface area (Å²) >= 11 is 0. The number of carbonyl (C=O) groups excluding carboxylic acids is 2. The van der Waals surface area contributed by atoms with Crippen LogP contribution in [0.4, 0.5) is 0 Å². The summed E-state index contributed by atoms with van der Waals surface area (Å²) in [4.78, 5) is 29.6. The number of rotatable bonds is 10. The Morgan fingerprint density at radius 1 is 1.14 bits per heavy atom. The number of piperidine rings is 1. The first-order valence-corrected chi connectivity index (χ1v) is 12.7. The van der Waals surface area contributed by atoms with Crippen molar-refractivity contribution >= 4 is 23.3 Å². The predicted molar refractivity (Wildman–Crippen MR) is 143 cm³/mol. The molecule has 1 fully saturated rings. The Hall–Kier alpha value is -3.51. The van der Waals surface area contributed by atoms with Gasteiger partial charge in [-0.1, -0.05) is 30.4 Å². The van der Waals surface area contributed by atoms with Crippen molar-refractivity contribution in [2.75, 3.05) is 26.7 Å². The van der Waals surface area contributed by atoms with Gasteiger partial charge in [0.1, 0.15) is 11.9 Å². The minimum atomic E-state index is -0.322. The van der Waals surface area contributed by atoms with Crippen LogP contribution in [0.3, 0.4) is 0 Å². The van der Waals surface area contributed by atoms with Crippen molar-refractivity contribution < 1.29 is 14.3 Å². The number of likely N-dealkylation sites (tertiary alicyclic amines) is 1. The van der Waals surface area contributed by atoms with E-state index >= 15 is 0 Å². The van der Waals surface area contributed by atoms with Crippen LogP contribution in [0.25, 0.3) is 11.0 Å². The fourth-order valence-corrected chi connectivity index (χ4v) is 4.93. The number of methoxy groups -OCH3 is 1. The van der Waals surface area contributed by atoms with E-state index in [0.29, 0.717) is 24.4 Å². The monoisotopic (exact) mass is 485 g/mol. The first kappa shape index (κ1) is 25.6. The molecular weight excluding hydrogens is 450 g/mol. The molecule has 1 aliphatic rings. The van der Waals surface area contributed by atoms with Crippen LogP contribution in [0.5, 0.6) is 0 Å².